The van der Waals surface area contributed by atoms with Gasteiger partial charge in [-0.15, -0.1) is 0 Å². The lowest BCUT2D eigenvalue weighted by Gasteiger charge is -2.36. The molecule has 1 fully saturated rings. The molecular weight excluding hydrogens is 289 g/mol. The van der Waals surface area contributed by atoms with E-state index < -0.39 is 10.0 Å². The highest BCUT2D eigenvalue weighted by molar-refractivity contribution is 14.1. The Morgan fingerprint density at radius 2 is 2.17 bits per heavy atom. The monoisotopic (exact) mass is 301 g/mol. The smallest absolute Gasteiger partial charge is 0.237 e. The molecule has 5 heteroatoms. The molecule has 0 spiro atoms. The van der Waals surface area contributed by atoms with Crippen LogP contribution in [0.3, 0.4) is 0 Å². The summed E-state index contributed by atoms with van der Waals surface area (Å²) >= 11 is 2.08. The summed E-state index contributed by atoms with van der Waals surface area (Å²) in [5.74, 6) is 0. The van der Waals surface area contributed by atoms with Crippen LogP contribution >= 0.6 is 22.6 Å². The maximum atomic E-state index is 11.6. The van der Waals surface area contributed by atoms with E-state index in [4.69, 9.17) is 0 Å². The van der Waals surface area contributed by atoms with E-state index in [2.05, 4.69) is 22.6 Å². The van der Waals surface area contributed by atoms with E-state index in [-0.39, 0.29) is 5.25 Å². The summed E-state index contributed by atoms with van der Waals surface area (Å²) in [7, 11) is -3.04. The zero-order valence-corrected chi connectivity index (χ0v) is 10.1. The number of nitrogens with zero attached hydrogens (tertiary/aromatic N) is 1. The van der Waals surface area contributed by atoms with Crippen molar-refractivity contribution in [2.24, 2.45) is 0 Å². The lowest BCUT2D eigenvalue weighted by Crippen LogP contribution is -2.43. The molecule has 1 rings (SSSR count). The summed E-state index contributed by atoms with van der Waals surface area (Å²) in [6, 6.07) is 0. The van der Waals surface area contributed by atoms with Gasteiger partial charge in [0.25, 0.3) is 0 Å². The molecule has 0 radical (unpaired) electrons. The van der Waals surface area contributed by atoms with Crippen molar-refractivity contribution >= 4 is 32.6 Å². The van der Waals surface area contributed by atoms with Crippen molar-refractivity contribution in [1.82, 2.24) is 4.31 Å². The largest absolute Gasteiger partial charge is 0.273 e. The lowest BCUT2D eigenvalue weighted by molar-refractivity contribution is 0.387. The molecule has 0 aromatic heterocycles. The van der Waals surface area contributed by atoms with Crippen LogP contribution in [0.15, 0.2) is 9.78 Å². The highest BCUT2D eigenvalue weighted by Gasteiger charge is 2.33. The molecular formula is C7H12INO2S. The molecule has 1 saturated heterocycles. The maximum Gasteiger partial charge on any atom is 0.237 e. The predicted octanol–water partition coefficient (Wildman–Crippen LogP) is 1.71. The minimum Gasteiger partial charge on any atom is -0.273 e. The molecule has 0 amide bonds. The third kappa shape index (κ3) is 1.61. The van der Waals surface area contributed by atoms with E-state index in [1.807, 2.05) is 4.08 Å². The average Bonchev–Trinajstić information content (AvgIpc) is 1.84. The minimum atomic E-state index is -3.04. The summed E-state index contributed by atoms with van der Waals surface area (Å²) in [4.78, 5) is 0. The van der Waals surface area contributed by atoms with Crippen LogP contribution in [0.5, 0.6) is 0 Å². The first-order chi connectivity index (χ1) is 5.50. The van der Waals surface area contributed by atoms with Crippen molar-refractivity contribution in [3.05, 3.63) is 9.78 Å². The molecule has 1 heterocycles. The molecule has 0 atom stereocenters. The van der Waals surface area contributed by atoms with E-state index in [0.717, 1.165) is 12.1 Å². The maximum absolute atomic E-state index is 11.6. The molecule has 0 bridgehead atoms. The first-order valence-electron chi connectivity index (χ1n) is 3.81. The van der Waals surface area contributed by atoms with Crippen LogP contribution in [0.4, 0.5) is 0 Å². The molecule has 0 aromatic rings. The van der Waals surface area contributed by atoms with Gasteiger partial charge in [0, 0.05) is 18.7 Å². The van der Waals surface area contributed by atoms with Crippen LogP contribution < -0.4 is 0 Å². The fourth-order valence-electron chi connectivity index (χ4n) is 0.986. The van der Waals surface area contributed by atoms with Gasteiger partial charge in [-0.3, -0.25) is 4.31 Å². The molecule has 0 saturated carbocycles. The average molecular weight is 301 g/mol. The fraction of sp³-hybridized carbons (Fsp3) is 0.714. The number of hydrogen-bond acceptors (Lipinski definition) is 2. The Labute approximate surface area is 87.0 Å². The molecule has 0 unspecified atom stereocenters. The zero-order chi connectivity index (χ0) is 9.35. The van der Waals surface area contributed by atoms with Crippen LogP contribution in [0.1, 0.15) is 20.3 Å². The van der Waals surface area contributed by atoms with Crippen LogP contribution in [-0.4, -0.2) is 24.5 Å². The van der Waals surface area contributed by atoms with Gasteiger partial charge in [-0.1, -0.05) is 22.6 Å². The second-order valence-corrected chi connectivity index (χ2v) is 6.05. The number of hydrogen-bond donors (Lipinski definition) is 0. The van der Waals surface area contributed by atoms with Crippen molar-refractivity contribution < 1.29 is 8.42 Å². The second kappa shape index (κ2) is 3.53. The highest BCUT2D eigenvalue weighted by atomic mass is 127. The molecule has 70 valence electrons. The summed E-state index contributed by atoms with van der Waals surface area (Å²) in [6.45, 7) is 4.06. The Balaban J connectivity index is 2.85. The Kier molecular flexibility index (Phi) is 3.03. The molecule has 0 N–H and O–H groups in total. The summed E-state index contributed by atoms with van der Waals surface area (Å²) in [5.41, 5.74) is 0.921. The first-order valence-corrected chi connectivity index (χ1v) is 6.56. The molecule has 3 nitrogen and oxygen atoms in total. The van der Waals surface area contributed by atoms with Gasteiger partial charge in [-0.2, -0.15) is 0 Å². The Morgan fingerprint density at radius 1 is 1.58 bits per heavy atom. The van der Waals surface area contributed by atoms with Crippen LogP contribution in [0.25, 0.3) is 0 Å². The van der Waals surface area contributed by atoms with E-state index >= 15 is 0 Å². The van der Waals surface area contributed by atoms with Gasteiger partial charge < -0.3 is 0 Å². The van der Waals surface area contributed by atoms with Crippen LogP contribution in [0, 0.1) is 0 Å². The zero-order valence-electron chi connectivity index (χ0n) is 7.12. The van der Waals surface area contributed by atoms with Gasteiger partial charge in [-0.05, 0) is 17.9 Å². The molecule has 1 aliphatic heterocycles. The Morgan fingerprint density at radius 3 is 2.42 bits per heavy atom. The minimum absolute atomic E-state index is 0.316. The lowest BCUT2D eigenvalue weighted by atomic mass is 10.2. The van der Waals surface area contributed by atoms with Gasteiger partial charge >= 0.3 is 0 Å². The first kappa shape index (κ1) is 10.3. The number of halogens is 1. The topological polar surface area (TPSA) is 37.4 Å². The third-order valence-corrected chi connectivity index (χ3v) is 4.86. The molecule has 0 aromatic carbocycles. The predicted molar refractivity (Wildman–Crippen MR) is 57.5 cm³/mol. The summed E-state index contributed by atoms with van der Waals surface area (Å²) in [5, 5.41) is -0.316. The van der Waals surface area contributed by atoms with E-state index in [9.17, 15) is 8.42 Å². The van der Waals surface area contributed by atoms with E-state index in [1.54, 1.807) is 13.8 Å². The van der Waals surface area contributed by atoms with Crippen molar-refractivity contribution in [3.63, 3.8) is 0 Å². The van der Waals surface area contributed by atoms with Crippen molar-refractivity contribution in [1.29, 1.82) is 0 Å². The van der Waals surface area contributed by atoms with E-state index in [1.165, 1.54) is 4.31 Å². The Bertz CT molecular complexity index is 295. The van der Waals surface area contributed by atoms with Gasteiger partial charge in [0.2, 0.25) is 10.0 Å². The van der Waals surface area contributed by atoms with Crippen molar-refractivity contribution in [2.75, 3.05) is 6.54 Å². The van der Waals surface area contributed by atoms with Crippen molar-refractivity contribution in [3.8, 4) is 0 Å². The summed E-state index contributed by atoms with van der Waals surface area (Å²) < 4.78 is 26.5. The van der Waals surface area contributed by atoms with Gasteiger partial charge in [-0.25, -0.2) is 8.42 Å². The number of sulfonamides is 1. The highest BCUT2D eigenvalue weighted by Crippen LogP contribution is 2.28. The third-order valence-electron chi connectivity index (χ3n) is 1.92. The Hall–Kier alpha value is 0.220. The molecule has 0 aliphatic carbocycles. The normalized spacial score (nSPS) is 21.7. The number of rotatable bonds is 2. The van der Waals surface area contributed by atoms with Gasteiger partial charge in [0.1, 0.15) is 0 Å². The van der Waals surface area contributed by atoms with Crippen LogP contribution in [0.2, 0.25) is 0 Å². The molecule has 12 heavy (non-hydrogen) atoms. The van der Waals surface area contributed by atoms with E-state index in [0.29, 0.717) is 6.54 Å². The summed E-state index contributed by atoms with van der Waals surface area (Å²) in [6.07, 6.45) is 0.884. The fourth-order valence-corrected chi connectivity index (χ4v) is 3.15. The SMILES string of the molecule is CC(C)S(=O)(=O)N1CC/C1=C\I. The van der Waals surface area contributed by atoms with Crippen LogP contribution in [-0.2, 0) is 10.0 Å². The quantitative estimate of drug-likeness (QED) is 0.728. The van der Waals surface area contributed by atoms with Gasteiger partial charge in [0.15, 0.2) is 0 Å². The standard InChI is InChI=1S/C7H12INO2S/c1-6(2)12(10,11)9-4-3-7(9)5-8/h5-6H,3-4H2,1-2H3/b7-5+. The molecule has 1 aliphatic rings. The van der Waals surface area contributed by atoms with Crippen molar-refractivity contribution in [2.45, 2.75) is 25.5 Å². The second-order valence-electron chi connectivity index (χ2n) is 3.02. The van der Waals surface area contributed by atoms with Gasteiger partial charge in [0.05, 0.1) is 5.25 Å².